The topological polar surface area (TPSA) is 94.4 Å². The highest BCUT2D eigenvalue weighted by atomic mass is 19.1. The Morgan fingerprint density at radius 2 is 1.78 bits per heavy atom. The molecule has 0 saturated carbocycles. The third kappa shape index (κ3) is 5.49. The van der Waals surface area contributed by atoms with Crippen LogP contribution in [0.15, 0.2) is 64.4 Å². The number of rotatable bonds is 7. The summed E-state index contributed by atoms with van der Waals surface area (Å²) >= 11 is 0. The van der Waals surface area contributed by atoms with E-state index in [9.17, 15) is 4.39 Å². The van der Waals surface area contributed by atoms with E-state index in [1.54, 1.807) is 18.4 Å². The number of dihydropyridines is 1. The van der Waals surface area contributed by atoms with Crippen LogP contribution >= 0.6 is 0 Å². The van der Waals surface area contributed by atoms with Crippen molar-refractivity contribution in [2.75, 3.05) is 55.3 Å². The predicted molar refractivity (Wildman–Crippen MR) is 139 cm³/mol. The van der Waals surface area contributed by atoms with Crippen LogP contribution in [0.3, 0.4) is 0 Å². The summed E-state index contributed by atoms with van der Waals surface area (Å²) in [5.41, 5.74) is 3.87. The maximum absolute atomic E-state index is 13.4. The molecule has 1 saturated heterocycles. The summed E-state index contributed by atoms with van der Waals surface area (Å²) in [5.74, 6) is 2.05. The molecular weight excluding hydrogens is 459 g/mol. The van der Waals surface area contributed by atoms with Crippen LogP contribution < -0.4 is 20.9 Å². The van der Waals surface area contributed by atoms with Gasteiger partial charge in [0, 0.05) is 38.4 Å². The normalized spacial score (nSPS) is 17.4. The van der Waals surface area contributed by atoms with E-state index < -0.39 is 0 Å². The van der Waals surface area contributed by atoms with Crippen molar-refractivity contribution in [2.24, 2.45) is 0 Å². The van der Waals surface area contributed by atoms with Crippen molar-refractivity contribution >= 4 is 23.5 Å². The van der Waals surface area contributed by atoms with Crippen molar-refractivity contribution < 1.29 is 8.81 Å². The van der Waals surface area contributed by atoms with Crippen LogP contribution in [0.2, 0.25) is 0 Å². The molecule has 2 aliphatic rings. The number of hydrogen-bond donors (Lipinski definition) is 3. The van der Waals surface area contributed by atoms with Crippen molar-refractivity contribution in [2.45, 2.75) is 19.9 Å². The zero-order valence-electron chi connectivity index (χ0n) is 20.8. The monoisotopic (exact) mass is 490 g/mol. The van der Waals surface area contributed by atoms with Gasteiger partial charge >= 0.3 is 0 Å². The van der Waals surface area contributed by atoms with E-state index in [4.69, 9.17) is 14.4 Å². The number of anilines is 3. The smallest absolute Gasteiger partial charge is 0.233 e. The molecule has 1 aromatic carbocycles. The van der Waals surface area contributed by atoms with E-state index in [0.29, 0.717) is 24.4 Å². The lowest BCUT2D eigenvalue weighted by atomic mass is 10.1. The second-order valence-corrected chi connectivity index (χ2v) is 9.20. The molecule has 3 N–H and O–H groups in total. The third-order valence-corrected chi connectivity index (χ3v) is 6.45. The lowest BCUT2D eigenvalue weighted by Crippen LogP contribution is -2.45. The summed E-state index contributed by atoms with van der Waals surface area (Å²) in [6.45, 7) is 8.28. The summed E-state index contributed by atoms with van der Waals surface area (Å²) in [4.78, 5) is 18.6. The molecule has 2 aromatic heterocycles. The number of hydrogen-bond acceptors (Lipinski definition) is 9. The minimum atomic E-state index is -0.262. The SMILES string of the molecule is CC1=C(Nc2nc(N[C@@H](C)c3ccc(F)cc3)nc(N3CCN(C)CC3)n2)C=C(c2ccco2)NC1. The largest absolute Gasteiger partial charge is 0.463 e. The van der Waals surface area contributed by atoms with Gasteiger partial charge in [-0.1, -0.05) is 12.1 Å². The predicted octanol–water partition coefficient (Wildman–Crippen LogP) is 3.86. The molecule has 9 nitrogen and oxygen atoms in total. The highest BCUT2D eigenvalue weighted by Crippen LogP contribution is 2.24. The molecule has 0 bridgehead atoms. The first kappa shape index (κ1) is 23.8. The molecule has 0 amide bonds. The van der Waals surface area contributed by atoms with Crippen LogP contribution in [0, 0.1) is 5.82 Å². The maximum Gasteiger partial charge on any atom is 0.233 e. The zero-order chi connectivity index (χ0) is 25.1. The molecule has 36 heavy (non-hydrogen) atoms. The quantitative estimate of drug-likeness (QED) is 0.456. The van der Waals surface area contributed by atoms with Gasteiger partial charge in [-0.3, -0.25) is 0 Å². The first-order valence-corrected chi connectivity index (χ1v) is 12.1. The average molecular weight is 491 g/mol. The number of benzene rings is 1. The fourth-order valence-corrected chi connectivity index (χ4v) is 4.16. The number of nitrogens with zero attached hydrogens (tertiary/aromatic N) is 5. The Kier molecular flexibility index (Phi) is 6.86. The van der Waals surface area contributed by atoms with E-state index >= 15 is 0 Å². The number of aromatic nitrogens is 3. The van der Waals surface area contributed by atoms with Crippen molar-refractivity contribution in [3.8, 4) is 0 Å². The van der Waals surface area contributed by atoms with Gasteiger partial charge in [0.15, 0.2) is 0 Å². The van der Waals surface area contributed by atoms with Crippen molar-refractivity contribution in [1.82, 2.24) is 25.2 Å². The summed E-state index contributed by atoms with van der Waals surface area (Å²) < 4.78 is 19.0. The molecule has 3 aromatic rings. The second kappa shape index (κ2) is 10.4. The number of allylic oxidation sites excluding steroid dienone is 1. The van der Waals surface area contributed by atoms with E-state index in [1.807, 2.05) is 25.1 Å². The van der Waals surface area contributed by atoms with Gasteiger partial charge < -0.3 is 30.2 Å². The van der Waals surface area contributed by atoms with Gasteiger partial charge in [-0.15, -0.1) is 0 Å². The minimum Gasteiger partial charge on any atom is -0.463 e. The van der Waals surface area contributed by atoms with E-state index in [-0.39, 0.29) is 11.9 Å². The van der Waals surface area contributed by atoms with Crippen LogP contribution in [0.25, 0.3) is 5.70 Å². The second-order valence-electron chi connectivity index (χ2n) is 9.20. The molecule has 0 spiro atoms. The van der Waals surface area contributed by atoms with Gasteiger partial charge in [0.05, 0.1) is 18.0 Å². The molecule has 5 rings (SSSR count). The highest BCUT2D eigenvalue weighted by molar-refractivity contribution is 5.67. The van der Waals surface area contributed by atoms with Gasteiger partial charge in [0.25, 0.3) is 0 Å². The van der Waals surface area contributed by atoms with E-state index in [1.165, 1.54) is 12.1 Å². The first-order chi connectivity index (χ1) is 17.4. The van der Waals surface area contributed by atoms with Crippen LogP contribution in [-0.4, -0.2) is 59.6 Å². The Morgan fingerprint density at radius 1 is 1.03 bits per heavy atom. The summed E-state index contributed by atoms with van der Waals surface area (Å²) in [6.07, 6.45) is 3.66. The average Bonchev–Trinajstić information content (AvgIpc) is 3.41. The summed E-state index contributed by atoms with van der Waals surface area (Å²) in [6, 6.07) is 10.1. The fraction of sp³-hybridized carbons (Fsp3) is 0.346. The van der Waals surface area contributed by atoms with Crippen LogP contribution in [0.5, 0.6) is 0 Å². The number of halogens is 1. The number of furan rings is 1. The Bertz CT molecular complexity index is 1250. The molecule has 10 heteroatoms. The fourth-order valence-electron chi connectivity index (χ4n) is 4.16. The van der Waals surface area contributed by atoms with Gasteiger partial charge in [0.1, 0.15) is 11.6 Å². The van der Waals surface area contributed by atoms with Gasteiger partial charge in [0.2, 0.25) is 17.8 Å². The van der Waals surface area contributed by atoms with E-state index in [0.717, 1.165) is 54.5 Å². The molecule has 4 heterocycles. The Labute approximate surface area is 210 Å². The lowest BCUT2D eigenvalue weighted by molar-refractivity contribution is 0.311. The zero-order valence-corrected chi connectivity index (χ0v) is 20.8. The molecule has 1 atom stereocenters. The maximum atomic E-state index is 13.4. The number of nitrogens with one attached hydrogen (secondary N) is 3. The van der Waals surface area contributed by atoms with Crippen LogP contribution in [0.1, 0.15) is 31.2 Å². The van der Waals surface area contributed by atoms with Gasteiger partial charge in [-0.05, 0) is 62.4 Å². The molecule has 0 unspecified atom stereocenters. The van der Waals surface area contributed by atoms with Gasteiger partial charge in [-0.2, -0.15) is 15.0 Å². The molecule has 0 radical (unpaired) electrons. The number of likely N-dealkylation sites (N-methyl/N-ethyl adjacent to an activating group) is 1. The van der Waals surface area contributed by atoms with Crippen molar-refractivity contribution in [3.63, 3.8) is 0 Å². The Morgan fingerprint density at radius 3 is 2.50 bits per heavy atom. The lowest BCUT2D eigenvalue weighted by Gasteiger charge is -2.32. The first-order valence-electron chi connectivity index (χ1n) is 12.1. The molecule has 2 aliphatic heterocycles. The number of piperazine rings is 1. The Balaban J connectivity index is 1.43. The van der Waals surface area contributed by atoms with Crippen molar-refractivity contribution in [3.05, 3.63) is 77.1 Å². The van der Waals surface area contributed by atoms with Gasteiger partial charge in [-0.25, -0.2) is 4.39 Å². The van der Waals surface area contributed by atoms with Crippen LogP contribution in [0.4, 0.5) is 22.2 Å². The summed E-state index contributed by atoms with van der Waals surface area (Å²) in [7, 11) is 2.12. The third-order valence-electron chi connectivity index (χ3n) is 6.45. The van der Waals surface area contributed by atoms with E-state index in [2.05, 4.69) is 44.7 Å². The molecule has 0 aliphatic carbocycles. The highest BCUT2D eigenvalue weighted by Gasteiger charge is 2.21. The molecular formula is C26H31FN8O. The standard InChI is InChI=1S/C26H31FN8O/c1-17-16-28-22(23-5-4-14-36-23)15-21(17)30-25-31-24(29-18(2)19-6-8-20(27)9-7-19)32-26(33-25)35-12-10-34(3)11-13-35/h4-9,14-15,18,28H,10-13,16H2,1-3H3,(H2,29,30,31,32,33)/t18-/m0/s1. The van der Waals surface area contributed by atoms with Crippen LogP contribution in [-0.2, 0) is 0 Å². The molecule has 188 valence electrons. The minimum absolute atomic E-state index is 0.119. The van der Waals surface area contributed by atoms with Crippen molar-refractivity contribution in [1.29, 1.82) is 0 Å². The molecule has 1 fully saturated rings. The summed E-state index contributed by atoms with van der Waals surface area (Å²) in [5, 5.41) is 10.1. The Hall–Kier alpha value is -3.92.